The quantitative estimate of drug-likeness (QED) is 0.310. The molecule has 1 atom stereocenters. The predicted molar refractivity (Wildman–Crippen MR) is 135 cm³/mol. The monoisotopic (exact) mass is 562 g/mol. The van der Waals surface area contributed by atoms with Crippen molar-refractivity contribution in [3.05, 3.63) is 11.6 Å². The molecule has 10 nitrogen and oxygen atoms in total. The second-order valence-corrected chi connectivity index (χ2v) is 9.42. The first kappa shape index (κ1) is 26.6. The maximum atomic E-state index is 12.2. The number of nitrogens with one attached hydrogen (secondary N) is 2. The fourth-order valence-corrected chi connectivity index (χ4v) is 3.89. The first-order valence-electron chi connectivity index (χ1n) is 11.3. The third-order valence-electron chi connectivity index (χ3n) is 5.85. The molecule has 11 heteroatoms. The second kappa shape index (κ2) is 11.5. The molecule has 2 N–H and O–H groups in total. The van der Waals surface area contributed by atoms with Crippen LogP contribution in [0.4, 0.5) is 4.79 Å². The van der Waals surface area contributed by atoms with E-state index in [1.807, 2.05) is 39.3 Å². The van der Waals surface area contributed by atoms with E-state index in [1.165, 1.54) is 12.8 Å². The number of guanidine groups is 1. The Kier molecular flexibility index (Phi) is 9.55. The molecule has 1 aromatic heterocycles. The summed E-state index contributed by atoms with van der Waals surface area (Å²) >= 11 is 0. The summed E-state index contributed by atoms with van der Waals surface area (Å²) in [5.41, 5.74) is -0.482. The van der Waals surface area contributed by atoms with Crippen molar-refractivity contribution < 1.29 is 9.53 Å². The summed E-state index contributed by atoms with van der Waals surface area (Å²) in [4.78, 5) is 21.2. The molecule has 2 aliphatic rings. The minimum Gasteiger partial charge on any atom is -0.444 e. The third-order valence-corrected chi connectivity index (χ3v) is 5.85. The van der Waals surface area contributed by atoms with Gasteiger partial charge in [-0.1, -0.05) is 6.92 Å². The van der Waals surface area contributed by atoms with Gasteiger partial charge in [0.2, 0.25) is 0 Å². The van der Waals surface area contributed by atoms with Crippen molar-refractivity contribution in [3.63, 3.8) is 0 Å². The zero-order valence-corrected chi connectivity index (χ0v) is 22.5. The maximum Gasteiger partial charge on any atom is 0.410 e. The molecule has 0 aliphatic carbocycles. The van der Waals surface area contributed by atoms with Crippen molar-refractivity contribution in [2.75, 3.05) is 32.7 Å². The number of hydrogen-bond donors (Lipinski definition) is 2. The van der Waals surface area contributed by atoms with Crippen LogP contribution in [0.25, 0.3) is 0 Å². The number of nitrogens with zero attached hydrogens (tertiary/aromatic N) is 6. The van der Waals surface area contributed by atoms with Crippen LogP contribution < -0.4 is 10.6 Å². The van der Waals surface area contributed by atoms with Crippen LogP contribution >= 0.6 is 24.0 Å². The Morgan fingerprint density at radius 2 is 2.00 bits per heavy atom. The largest absolute Gasteiger partial charge is 0.444 e. The number of aromatic nitrogens is 3. The fraction of sp³-hybridized carbons (Fsp3) is 0.810. The molecule has 2 saturated heterocycles. The topological polar surface area (TPSA) is 99.9 Å². The molecule has 0 spiro atoms. The molecule has 3 heterocycles. The van der Waals surface area contributed by atoms with Gasteiger partial charge in [0.15, 0.2) is 11.8 Å². The normalized spacial score (nSPS) is 20.0. The lowest BCUT2D eigenvalue weighted by atomic mass is 10.1. The number of likely N-dealkylation sites (N-methyl/N-ethyl adjacent to an activating group) is 1. The van der Waals surface area contributed by atoms with E-state index in [0.29, 0.717) is 25.7 Å². The van der Waals surface area contributed by atoms with Gasteiger partial charge in [0.1, 0.15) is 18.0 Å². The Balaban J connectivity index is 0.00000363. The lowest BCUT2D eigenvalue weighted by Crippen LogP contribution is -2.63. The highest BCUT2D eigenvalue weighted by atomic mass is 127. The predicted octanol–water partition coefficient (Wildman–Crippen LogP) is 1.88. The number of carbonyl (C=O) groups excluding carboxylic acids is 1. The number of rotatable bonds is 6. The molecule has 2 fully saturated rings. The van der Waals surface area contributed by atoms with E-state index in [9.17, 15) is 4.79 Å². The number of carbonyl (C=O) groups is 1. The highest BCUT2D eigenvalue weighted by Crippen LogP contribution is 2.17. The zero-order chi connectivity index (χ0) is 22.6. The molecule has 0 bridgehead atoms. The number of aryl methyl sites for hydroxylation is 1. The van der Waals surface area contributed by atoms with Gasteiger partial charge in [-0.15, -0.1) is 34.2 Å². The van der Waals surface area contributed by atoms with Crippen LogP contribution in [0.3, 0.4) is 0 Å². The molecular formula is C21H39IN8O2. The van der Waals surface area contributed by atoms with Crippen LogP contribution in [0, 0.1) is 6.92 Å². The number of likely N-dealkylation sites (tertiary alicyclic amines) is 2. The highest BCUT2D eigenvalue weighted by Gasteiger charge is 2.34. The van der Waals surface area contributed by atoms with Gasteiger partial charge in [-0.2, -0.15) is 0 Å². The number of amides is 1. The average molecular weight is 563 g/mol. The summed E-state index contributed by atoms with van der Waals surface area (Å²) in [5.74, 6) is 2.43. The van der Waals surface area contributed by atoms with Gasteiger partial charge in [-0.05, 0) is 53.6 Å². The Morgan fingerprint density at radius 3 is 2.59 bits per heavy atom. The van der Waals surface area contributed by atoms with Crippen molar-refractivity contribution in [3.8, 4) is 0 Å². The average Bonchev–Trinajstić information content (AvgIpc) is 3.24. The van der Waals surface area contributed by atoms with E-state index in [2.05, 4.69) is 32.7 Å². The van der Waals surface area contributed by atoms with Crippen LogP contribution in [-0.2, 0) is 18.3 Å². The number of aliphatic imine (C=N–C) groups is 1. The van der Waals surface area contributed by atoms with Gasteiger partial charge in [-0.25, -0.2) is 9.79 Å². The summed E-state index contributed by atoms with van der Waals surface area (Å²) in [6.45, 7) is 14.5. The second-order valence-electron chi connectivity index (χ2n) is 9.42. The Bertz CT molecular complexity index is 785. The van der Waals surface area contributed by atoms with Crippen LogP contribution in [-0.4, -0.2) is 87.0 Å². The van der Waals surface area contributed by atoms with Gasteiger partial charge >= 0.3 is 6.09 Å². The zero-order valence-electron chi connectivity index (χ0n) is 20.2. The summed E-state index contributed by atoms with van der Waals surface area (Å²) in [6, 6.07) is 0.666. The maximum absolute atomic E-state index is 12.2. The lowest BCUT2D eigenvalue weighted by Gasteiger charge is -2.40. The van der Waals surface area contributed by atoms with E-state index in [4.69, 9.17) is 9.73 Å². The third kappa shape index (κ3) is 7.19. The molecule has 1 unspecified atom stereocenters. The smallest absolute Gasteiger partial charge is 0.410 e. The van der Waals surface area contributed by atoms with Gasteiger partial charge in [0.25, 0.3) is 0 Å². The molecule has 1 aromatic rings. The number of ether oxygens (including phenoxy) is 1. The van der Waals surface area contributed by atoms with Crippen molar-refractivity contribution in [2.45, 2.75) is 71.7 Å². The van der Waals surface area contributed by atoms with Crippen LogP contribution in [0.1, 0.15) is 52.2 Å². The first-order valence-corrected chi connectivity index (χ1v) is 11.3. The lowest BCUT2D eigenvalue weighted by molar-refractivity contribution is 0.00700. The molecule has 32 heavy (non-hydrogen) atoms. The summed E-state index contributed by atoms with van der Waals surface area (Å²) in [6.07, 6.45) is 2.18. The molecular weight excluding hydrogens is 523 g/mol. The van der Waals surface area contributed by atoms with Crippen molar-refractivity contribution >= 4 is 36.0 Å². The Hall–Kier alpha value is -1.63. The van der Waals surface area contributed by atoms with Crippen LogP contribution in [0.15, 0.2) is 4.99 Å². The first-order chi connectivity index (χ1) is 14.7. The highest BCUT2D eigenvalue weighted by molar-refractivity contribution is 14.0. The molecule has 0 saturated carbocycles. The number of halogens is 1. The van der Waals surface area contributed by atoms with Gasteiger partial charge in [0, 0.05) is 32.7 Å². The van der Waals surface area contributed by atoms with E-state index < -0.39 is 5.60 Å². The van der Waals surface area contributed by atoms with Crippen molar-refractivity contribution in [1.29, 1.82) is 0 Å². The van der Waals surface area contributed by atoms with Crippen molar-refractivity contribution in [1.82, 2.24) is 35.2 Å². The standard InChI is InChI=1S/C21H38N8O2.HI/c1-7-28-10-8-9-17(28)11-22-19(23-12-18-26-25-15(2)27(18)6)24-16-13-29(14-16)20(30)31-21(3,4)5;/h16-17H,7-14H2,1-6H3,(H2,22,23,24);1H. The van der Waals surface area contributed by atoms with Gasteiger partial charge in [-0.3, -0.25) is 4.90 Å². The molecule has 1 amide bonds. The van der Waals surface area contributed by atoms with E-state index in [-0.39, 0.29) is 36.1 Å². The van der Waals surface area contributed by atoms with E-state index in [0.717, 1.165) is 37.2 Å². The minimum atomic E-state index is -0.482. The molecule has 0 radical (unpaired) electrons. The van der Waals surface area contributed by atoms with Crippen LogP contribution in [0.5, 0.6) is 0 Å². The summed E-state index contributed by atoms with van der Waals surface area (Å²) < 4.78 is 7.39. The Labute approximate surface area is 208 Å². The molecule has 2 aliphatic heterocycles. The van der Waals surface area contributed by atoms with E-state index in [1.54, 1.807) is 4.90 Å². The molecule has 3 rings (SSSR count). The molecule has 0 aromatic carbocycles. The Morgan fingerprint density at radius 1 is 1.28 bits per heavy atom. The fourth-order valence-electron chi connectivity index (χ4n) is 3.89. The van der Waals surface area contributed by atoms with E-state index >= 15 is 0 Å². The van der Waals surface area contributed by atoms with Gasteiger partial charge in [0.05, 0.1) is 6.04 Å². The van der Waals surface area contributed by atoms with Crippen LogP contribution in [0.2, 0.25) is 0 Å². The SMILES string of the molecule is CCN1CCCC1CNC(=NCc1nnc(C)n1C)NC1CN(C(=O)OC(C)(C)C)C1.I. The minimum absolute atomic E-state index is 0. The van der Waals surface area contributed by atoms with Crippen molar-refractivity contribution in [2.24, 2.45) is 12.0 Å². The van der Waals surface area contributed by atoms with Gasteiger partial charge < -0.3 is 24.8 Å². The summed E-state index contributed by atoms with van der Waals surface area (Å²) in [5, 5.41) is 15.3. The summed E-state index contributed by atoms with van der Waals surface area (Å²) in [7, 11) is 1.95. The molecule has 182 valence electrons. The number of hydrogen-bond acceptors (Lipinski definition) is 6.